The fourth-order valence-electron chi connectivity index (χ4n) is 1.24. The van der Waals surface area contributed by atoms with Crippen LogP contribution in [0.3, 0.4) is 0 Å². The van der Waals surface area contributed by atoms with Crippen molar-refractivity contribution in [3.8, 4) is 0 Å². The molecule has 80 valence electrons. The predicted molar refractivity (Wildman–Crippen MR) is 66.7 cm³/mol. The van der Waals surface area contributed by atoms with Crippen LogP contribution in [0.4, 0.5) is 0 Å². The summed E-state index contributed by atoms with van der Waals surface area (Å²) in [5, 5.41) is 5.60. The first kappa shape index (κ1) is 12.2. The zero-order chi connectivity index (χ0) is 10.6. The van der Waals surface area contributed by atoms with Crippen molar-refractivity contribution in [2.45, 2.75) is 32.4 Å². The van der Waals surface area contributed by atoms with Gasteiger partial charge >= 0.3 is 0 Å². The van der Waals surface area contributed by atoms with Crippen LogP contribution in [0.2, 0.25) is 0 Å². The van der Waals surface area contributed by atoms with Gasteiger partial charge in [0.1, 0.15) is 0 Å². The van der Waals surface area contributed by atoms with Gasteiger partial charge in [-0.3, -0.25) is 0 Å². The Bertz CT molecular complexity index is 275. The summed E-state index contributed by atoms with van der Waals surface area (Å²) in [6.07, 6.45) is 1.13. The second-order valence-electron chi connectivity index (χ2n) is 3.43. The van der Waals surface area contributed by atoms with Crippen molar-refractivity contribution >= 4 is 27.3 Å². The van der Waals surface area contributed by atoms with E-state index in [4.69, 9.17) is 5.73 Å². The largest absolute Gasteiger partial charge is 0.329 e. The van der Waals surface area contributed by atoms with Gasteiger partial charge in [0.2, 0.25) is 0 Å². The van der Waals surface area contributed by atoms with Crippen molar-refractivity contribution in [1.29, 1.82) is 0 Å². The van der Waals surface area contributed by atoms with Gasteiger partial charge in [-0.15, -0.1) is 11.3 Å². The predicted octanol–water partition coefficient (Wildman–Crippen LogP) is 2.90. The van der Waals surface area contributed by atoms with Crippen molar-refractivity contribution in [2.24, 2.45) is 5.73 Å². The van der Waals surface area contributed by atoms with Crippen LogP contribution in [0, 0.1) is 0 Å². The lowest BCUT2D eigenvalue weighted by atomic mass is 10.2. The van der Waals surface area contributed by atoms with E-state index in [1.165, 1.54) is 4.88 Å². The number of nitrogens with two attached hydrogens (primary N) is 1. The molecule has 0 bridgehead atoms. The smallest absolute Gasteiger partial charge is 0.0541 e. The SMILES string of the molecule is CCC(C)NC(CN)c1cc(Br)cs1. The fourth-order valence-corrected chi connectivity index (χ4v) is 2.76. The van der Waals surface area contributed by atoms with Crippen LogP contribution in [0.25, 0.3) is 0 Å². The molecule has 0 saturated heterocycles. The van der Waals surface area contributed by atoms with Gasteiger partial charge in [0.15, 0.2) is 0 Å². The molecule has 2 unspecified atom stereocenters. The van der Waals surface area contributed by atoms with Crippen molar-refractivity contribution in [1.82, 2.24) is 5.32 Å². The molecule has 1 rings (SSSR count). The minimum atomic E-state index is 0.293. The normalized spacial score (nSPS) is 15.4. The van der Waals surface area contributed by atoms with E-state index in [9.17, 15) is 0 Å². The molecule has 0 aliphatic heterocycles. The topological polar surface area (TPSA) is 38.0 Å². The molecular weight excluding hydrogens is 260 g/mol. The highest BCUT2D eigenvalue weighted by atomic mass is 79.9. The average molecular weight is 277 g/mol. The van der Waals surface area contributed by atoms with Crippen LogP contribution in [-0.2, 0) is 0 Å². The summed E-state index contributed by atoms with van der Waals surface area (Å²) in [7, 11) is 0. The van der Waals surface area contributed by atoms with E-state index in [1.807, 2.05) is 0 Å². The Labute approximate surface area is 98.0 Å². The lowest BCUT2D eigenvalue weighted by Gasteiger charge is -2.19. The van der Waals surface area contributed by atoms with Crippen molar-refractivity contribution in [2.75, 3.05) is 6.54 Å². The van der Waals surface area contributed by atoms with Crippen LogP contribution in [-0.4, -0.2) is 12.6 Å². The average Bonchev–Trinajstić information content (AvgIpc) is 2.60. The molecule has 0 aromatic carbocycles. The Morgan fingerprint density at radius 1 is 1.64 bits per heavy atom. The lowest BCUT2D eigenvalue weighted by molar-refractivity contribution is 0.456. The van der Waals surface area contributed by atoms with E-state index in [1.54, 1.807) is 11.3 Å². The number of nitrogens with one attached hydrogen (secondary N) is 1. The maximum Gasteiger partial charge on any atom is 0.0541 e. The zero-order valence-electron chi connectivity index (χ0n) is 8.59. The van der Waals surface area contributed by atoms with Crippen molar-refractivity contribution in [3.63, 3.8) is 0 Å². The van der Waals surface area contributed by atoms with Gasteiger partial charge in [0, 0.05) is 27.3 Å². The van der Waals surface area contributed by atoms with Crippen LogP contribution in [0.5, 0.6) is 0 Å². The van der Waals surface area contributed by atoms with Crippen LogP contribution in [0.15, 0.2) is 15.9 Å². The summed E-state index contributed by atoms with van der Waals surface area (Å²) >= 11 is 5.20. The van der Waals surface area contributed by atoms with E-state index in [0.717, 1.165) is 10.9 Å². The molecule has 2 atom stereocenters. The Kier molecular flexibility index (Phi) is 5.09. The molecule has 0 aliphatic carbocycles. The maximum atomic E-state index is 5.75. The molecule has 1 aromatic heterocycles. The van der Waals surface area contributed by atoms with Gasteiger partial charge in [-0.1, -0.05) is 6.92 Å². The fraction of sp³-hybridized carbons (Fsp3) is 0.600. The molecule has 2 nitrogen and oxygen atoms in total. The molecular formula is C10H17BrN2S. The summed E-state index contributed by atoms with van der Waals surface area (Å²) in [6, 6.07) is 2.95. The zero-order valence-corrected chi connectivity index (χ0v) is 11.0. The third-order valence-corrected chi connectivity index (χ3v) is 4.07. The molecule has 0 amide bonds. The first-order chi connectivity index (χ1) is 6.67. The number of rotatable bonds is 5. The minimum absolute atomic E-state index is 0.293. The second kappa shape index (κ2) is 5.85. The second-order valence-corrected chi connectivity index (χ2v) is 5.29. The summed E-state index contributed by atoms with van der Waals surface area (Å²) in [5.74, 6) is 0. The van der Waals surface area contributed by atoms with E-state index < -0.39 is 0 Å². The van der Waals surface area contributed by atoms with E-state index in [-0.39, 0.29) is 0 Å². The molecule has 14 heavy (non-hydrogen) atoms. The van der Waals surface area contributed by atoms with Crippen LogP contribution < -0.4 is 11.1 Å². The molecule has 0 aliphatic rings. The molecule has 0 fully saturated rings. The molecule has 1 heterocycles. The molecule has 0 radical (unpaired) electrons. The van der Waals surface area contributed by atoms with Gasteiger partial charge in [-0.25, -0.2) is 0 Å². The highest BCUT2D eigenvalue weighted by Crippen LogP contribution is 2.25. The first-order valence-corrected chi connectivity index (χ1v) is 6.54. The Morgan fingerprint density at radius 3 is 2.79 bits per heavy atom. The Morgan fingerprint density at radius 2 is 2.36 bits per heavy atom. The summed E-state index contributed by atoms with van der Waals surface area (Å²) in [4.78, 5) is 1.31. The highest BCUT2D eigenvalue weighted by Gasteiger charge is 2.13. The van der Waals surface area contributed by atoms with Crippen molar-refractivity contribution in [3.05, 3.63) is 20.8 Å². The van der Waals surface area contributed by atoms with Crippen LogP contribution in [0.1, 0.15) is 31.2 Å². The lowest BCUT2D eigenvalue weighted by Crippen LogP contribution is -2.34. The Balaban J connectivity index is 2.62. The number of thiophene rings is 1. The van der Waals surface area contributed by atoms with Gasteiger partial charge < -0.3 is 11.1 Å². The standard InChI is InChI=1S/C10H17BrN2S/c1-3-7(2)13-9(5-12)10-4-8(11)6-14-10/h4,6-7,9,13H,3,5,12H2,1-2H3. The molecule has 0 saturated carbocycles. The monoisotopic (exact) mass is 276 g/mol. The minimum Gasteiger partial charge on any atom is -0.329 e. The van der Waals surface area contributed by atoms with E-state index in [0.29, 0.717) is 18.6 Å². The third kappa shape index (κ3) is 3.35. The van der Waals surface area contributed by atoms with E-state index in [2.05, 4.69) is 46.5 Å². The van der Waals surface area contributed by atoms with Gasteiger partial charge in [-0.05, 0) is 35.3 Å². The number of halogens is 1. The van der Waals surface area contributed by atoms with Gasteiger partial charge in [-0.2, -0.15) is 0 Å². The molecule has 4 heteroatoms. The summed E-state index contributed by atoms with van der Waals surface area (Å²) in [5.41, 5.74) is 5.75. The van der Waals surface area contributed by atoms with Gasteiger partial charge in [0.25, 0.3) is 0 Å². The molecule has 0 spiro atoms. The van der Waals surface area contributed by atoms with E-state index >= 15 is 0 Å². The van der Waals surface area contributed by atoms with Gasteiger partial charge in [0.05, 0.1) is 6.04 Å². The molecule has 1 aromatic rings. The molecule has 3 N–H and O–H groups in total. The first-order valence-electron chi connectivity index (χ1n) is 4.87. The summed E-state index contributed by atoms with van der Waals surface area (Å²) in [6.45, 7) is 5.01. The number of hydrogen-bond donors (Lipinski definition) is 2. The number of hydrogen-bond acceptors (Lipinski definition) is 3. The Hall–Kier alpha value is 0.1000. The summed E-state index contributed by atoms with van der Waals surface area (Å²) < 4.78 is 1.14. The quantitative estimate of drug-likeness (QED) is 0.868. The highest BCUT2D eigenvalue weighted by molar-refractivity contribution is 9.10. The maximum absolute atomic E-state index is 5.75. The third-order valence-electron chi connectivity index (χ3n) is 2.26. The van der Waals surface area contributed by atoms with Crippen LogP contribution >= 0.6 is 27.3 Å². The van der Waals surface area contributed by atoms with Crippen molar-refractivity contribution < 1.29 is 0 Å².